The van der Waals surface area contributed by atoms with Gasteiger partial charge < -0.3 is 10.6 Å². The number of carbonyl (C=O) groups is 1. The molecule has 0 fully saturated rings. The molecular weight excluding hydrogens is 336 g/mol. The second-order valence-electron chi connectivity index (χ2n) is 5.65. The summed E-state index contributed by atoms with van der Waals surface area (Å²) in [5.41, 5.74) is 3.96. The third kappa shape index (κ3) is 4.14. The van der Waals surface area contributed by atoms with Crippen LogP contribution in [0.3, 0.4) is 0 Å². The van der Waals surface area contributed by atoms with Gasteiger partial charge in [0.2, 0.25) is 5.95 Å². The maximum atomic E-state index is 12.3. The van der Waals surface area contributed by atoms with Crippen molar-refractivity contribution in [2.24, 2.45) is 0 Å². The molecule has 0 radical (unpaired) electrons. The minimum atomic E-state index is -0.289. The van der Waals surface area contributed by atoms with Crippen LogP contribution in [-0.4, -0.2) is 15.9 Å². The van der Waals surface area contributed by atoms with Crippen LogP contribution in [0.2, 0.25) is 5.02 Å². The highest BCUT2D eigenvalue weighted by Gasteiger charge is 2.09. The monoisotopic (exact) mass is 352 g/mol. The van der Waals surface area contributed by atoms with Crippen LogP contribution in [0.1, 0.15) is 21.5 Å². The summed E-state index contributed by atoms with van der Waals surface area (Å²) in [4.78, 5) is 20.7. The Morgan fingerprint density at radius 3 is 2.40 bits per heavy atom. The van der Waals surface area contributed by atoms with Crippen LogP contribution in [0.25, 0.3) is 0 Å². The van der Waals surface area contributed by atoms with Gasteiger partial charge in [-0.15, -0.1) is 0 Å². The number of benzene rings is 2. The number of amides is 1. The van der Waals surface area contributed by atoms with E-state index >= 15 is 0 Å². The van der Waals surface area contributed by atoms with E-state index in [0.29, 0.717) is 22.2 Å². The molecule has 126 valence electrons. The molecular formula is C19H17ClN4O. The van der Waals surface area contributed by atoms with Gasteiger partial charge in [-0.25, -0.2) is 9.97 Å². The van der Waals surface area contributed by atoms with Gasteiger partial charge in [-0.05, 0) is 43.2 Å². The number of hydrogen-bond donors (Lipinski definition) is 2. The van der Waals surface area contributed by atoms with Crippen LogP contribution in [0.5, 0.6) is 0 Å². The summed E-state index contributed by atoms with van der Waals surface area (Å²) in [6.07, 6.45) is 2.97. The first kappa shape index (κ1) is 16.9. The average Bonchev–Trinajstić information content (AvgIpc) is 2.61. The van der Waals surface area contributed by atoms with Gasteiger partial charge in [0.15, 0.2) is 0 Å². The van der Waals surface area contributed by atoms with E-state index in [1.54, 1.807) is 12.1 Å². The van der Waals surface area contributed by atoms with Crippen LogP contribution in [0.15, 0.2) is 54.9 Å². The highest BCUT2D eigenvalue weighted by atomic mass is 35.5. The van der Waals surface area contributed by atoms with E-state index in [-0.39, 0.29) is 5.91 Å². The number of para-hydroxylation sites is 1. The minimum Gasteiger partial charge on any atom is -0.324 e. The standard InChI is InChI=1S/C19H17ClN4O/c1-12-7-8-15(9-16(12)20)23-18(25)14-10-21-19(22-11-14)24-17-6-4-3-5-13(17)2/h3-11H,1-2H3,(H,23,25)(H,21,22,24). The molecule has 3 aromatic rings. The summed E-state index contributed by atoms with van der Waals surface area (Å²) in [5.74, 6) is 0.145. The van der Waals surface area contributed by atoms with E-state index < -0.39 is 0 Å². The smallest absolute Gasteiger partial charge is 0.258 e. The molecule has 2 aromatic carbocycles. The van der Waals surface area contributed by atoms with Gasteiger partial charge in [-0.1, -0.05) is 35.9 Å². The maximum absolute atomic E-state index is 12.3. The lowest BCUT2D eigenvalue weighted by Crippen LogP contribution is -2.13. The number of halogens is 1. The van der Waals surface area contributed by atoms with E-state index in [1.165, 1.54) is 12.4 Å². The summed E-state index contributed by atoms with van der Waals surface area (Å²) in [7, 11) is 0. The van der Waals surface area contributed by atoms with Gasteiger partial charge in [-0.2, -0.15) is 0 Å². The fourth-order valence-corrected chi connectivity index (χ4v) is 2.40. The van der Waals surface area contributed by atoms with Crippen molar-refractivity contribution in [2.45, 2.75) is 13.8 Å². The van der Waals surface area contributed by atoms with Crippen molar-refractivity contribution in [3.8, 4) is 0 Å². The maximum Gasteiger partial charge on any atom is 0.258 e. The van der Waals surface area contributed by atoms with Crippen LogP contribution < -0.4 is 10.6 Å². The molecule has 6 heteroatoms. The third-order valence-corrected chi connectivity index (χ3v) is 4.14. The van der Waals surface area contributed by atoms with Crippen molar-refractivity contribution in [1.82, 2.24) is 9.97 Å². The van der Waals surface area contributed by atoms with Crippen molar-refractivity contribution in [3.63, 3.8) is 0 Å². The normalized spacial score (nSPS) is 10.4. The van der Waals surface area contributed by atoms with Gasteiger partial charge >= 0.3 is 0 Å². The van der Waals surface area contributed by atoms with Crippen LogP contribution in [0, 0.1) is 13.8 Å². The number of rotatable bonds is 4. The molecule has 0 aliphatic heterocycles. The highest BCUT2D eigenvalue weighted by molar-refractivity contribution is 6.31. The third-order valence-electron chi connectivity index (χ3n) is 3.74. The molecule has 1 amide bonds. The first-order valence-electron chi connectivity index (χ1n) is 7.75. The molecule has 0 bridgehead atoms. The first-order chi connectivity index (χ1) is 12.0. The predicted molar refractivity (Wildman–Crippen MR) is 101 cm³/mol. The predicted octanol–water partition coefficient (Wildman–Crippen LogP) is 4.74. The summed E-state index contributed by atoms with van der Waals surface area (Å²) < 4.78 is 0. The van der Waals surface area contributed by atoms with Gasteiger partial charge in [-0.3, -0.25) is 4.79 Å². The molecule has 0 saturated heterocycles. The fourth-order valence-electron chi connectivity index (χ4n) is 2.22. The molecule has 5 nitrogen and oxygen atoms in total. The molecule has 0 aliphatic carbocycles. The fraction of sp³-hybridized carbons (Fsp3) is 0.105. The van der Waals surface area contributed by atoms with Crippen molar-refractivity contribution in [3.05, 3.63) is 76.6 Å². The van der Waals surface area contributed by atoms with Crippen molar-refractivity contribution >= 4 is 34.8 Å². The number of aryl methyl sites for hydroxylation is 2. The van der Waals surface area contributed by atoms with Crippen molar-refractivity contribution in [2.75, 3.05) is 10.6 Å². The first-order valence-corrected chi connectivity index (χ1v) is 8.13. The number of anilines is 3. The summed E-state index contributed by atoms with van der Waals surface area (Å²) >= 11 is 6.07. The molecule has 0 spiro atoms. The largest absolute Gasteiger partial charge is 0.324 e. The Bertz CT molecular complexity index is 910. The molecule has 3 rings (SSSR count). The summed E-state index contributed by atoms with van der Waals surface area (Å²) in [5, 5.41) is 6.51. The molecule has 25 heavy (non-hydrogen) atoms. The average molecular weight is 353 g/mol. The lowest BCUT2D eigenvalue weighted by Gasteiger charge is -2.09. The van der Waals surface area contributed by atoms with Crippen molar-refractivity contribution in [1.29, 1.82) is 0 Å². The SMILES string of the molecule is Cc1ccc(NC(=O)c2cnc(Nc3ccccc3C)nc2)cc1Cl. The zero-order chi connectivity index (χ0) is 17.8. The van der Waals surface area contributed by atoms with E-state index in [4.69, 9.17) is 11.6 Å². The summed E-state index contributed by atoms with van der Waals surface area (Å²) in [6, 6.07) is 13.2. The van der Waals surface area contributed by atoms with Gasteiger partial charge in [0, 0.05) is 28.8 Å². The quantitative estimate of drug-likeness (QED) is 0.711. The molecule has 2 N–H and O–H groups in total. The molecule has 0 unspecified atom stereocenters. The highest BCUT2D eigenvalue weighted by Crippen LogP contribution is 2.21. The molecule has 0 atom stereocenters. The lowest BCUT2D eigenvalue weighted by atomic mass is 10.2. The second kappa shape index (κ2) is 7.32. The van der Waals surface area contributed by atoms with Crippen molar-refractivity contribution < 1.29 is 4.79 Å². The Morgan fingerprint density at radius 2 is 1.72 bits per heavy atom. The van der Waals surface area contributed by atoms with Crippen LogP contribution in [0.4, 0.5) is 17.3 Å². The number of carbonyl (C=O) groups excluding carboxylic acids is 1. The zero-order valence-electron chi connectivity index (χ0n) is 13.9. The Labute approximate surface area is 151 Å². The van der Waals surface area contributed by atoms with Gasteiger partial charge in [0.25, 0.3) is 5.91 Å². The topological polar surface area (TPSA) is 66.9 Å². The van der Waals surface area contributed by atoms with E-state index in [1.807, 2.05) is 44.2 Å². The number of hydrogen-bond acceptors (Lipinski definition) is 4. The number of aromatic nitrogens is 2. The summed E-state index contributed by atoms with van der Waals surface area (Å²) in [6.45, 7) is 3.90. The molecule has 1 heterocycles. The van der Waals surface area contributed by atoms with Crippen LogP contribution >= 0.6 is 11.6 Å². The van der Waals surface area contributed by atoms with E-state index in [9.17, 15) is 4.79 Å². The van der Waals surface area contributed by atoms with Gasteiger partial charge in [0.05, 0.1) is 5.56 Å². The minimum absolute atomic E-state index is 0.289. The molecule has 0 saturated carbocycles. The Hall–Kier alpha value is -2.92. The molecule has 0 aliphatic rings. The van der Waals surface area contributed by atoms with Gasteiger partial charge in [0.1, 0.15) is 0 Å². The Balaban J connectivity index is 1.70. The Kier molecular flexibility index (Phi) is 4.95. The lowest BCUT2D eigenvalue weighted by molar-refractivity contribution is 0.102. The van der Waals surface area contributed by atoms with E-state index in [2.05, 4.69) is 20.6 Å². The molecule has 1 aromatic heterocycles. The van der Waals surface area contributed by atoms with Crippen LogP contribution in [-0.2, 0) is 0 Å². The number of nitrogens with one attached hydrogen (secondary N) is 2. The zero-order valence-corrected chi connectivity index (χ0v) is 14.6. The van der Waals surface area contributed by atoms with E-state index in [0.717, 1.165) is 16.8 Å². The number of nitrogens with zero attached hydrogens (tertiary/aromatic N) is 2. The Morgan fingerprint density at radius 1 is 1.00 bits per heavy atom. The second-order valence-corrected chi connectivity index (χ2v) is 6.06.